The Morgan fingerprint density at radius 1 is 1.23 bits per heavy atom. The largest absolute Gasteiger partial charge is 0.381 e. The molecule has 30 heavy (non-hydrogen) atoms. The van der Waals surface area contributed by atoms with E-state index in [1.165, 1.54) is 10.4 Å². The molecule has 0 amide bonds. The Morgan fingerprint density at radius 2 is 1.97 bits per heavy atom. The van der Waals surface area contributed by atoms with Gasteiger partial charge in [-0.1, -0.05) is 37.3 Å². The van der Waals surface area contributed by atoms with Crippen LogP contribution < -0.4 is 16.0 Å². The van der Waals surface area contributed by atoms with Crippen molar-refractivity contribution in [3.63, 3.8) is 0 Å². The van der Waals surface area contributed by atoms with Crippen LogP contribution in [-0.4, -0.2) is 43.3 Å². The van der Waals surface area contributed by atoms with Crippen LogP contribution in [0.2, 0.25) is 0 Å². The quantitative estimate of drug-likeness (QED) is 0.268. The zero-order chi connectivity index (χ0) is 20.5. The van der Waals surface area contributed by atoms with Crippen molar-refractivity contribution in [3.05, 3.63) is 52.0 Å². The van der Waals surface area contributed by atoms with Gasteiger partial charge in [0, 0.05) is 49.5 Å². The van der Waals surface area contributed by atoms with E-state index in [1.807, 2.05) is 13.2 Å². The number of aliphatic imine (C=N–C) groups is 1. The predicted molar refractivity (Wildman–Crippen MR) is 136 cm³/mol. The summed E-state index contributed by atoms with van der Waals surface area (Å²) in [5.74, 6) is 0.804. The molecule has 1 aromatic heterocycles. The average Bonchev–Trinajstić information content (AvgIpc) is 3.23. The normalized spacial score (nSPS) is 17.1. The smallest absolute Gasteiger partial charge is 0.191 e. The lowest BCUT2D eigenvalue weighted by Crippen LogP contribution is -2.58. The Labute approximate surface area is 201 Å². The van der Waals surface area contributed by atoms with Crippen molar-refractivity contribution in [2.24, 2.45) is 4.99 Å². The van der Waals surface area contributed by atoms with E-state index in [1.54, 1.807) is 11.3 Å². The molecule has 1 atom stereocenters. The summed E-state index contributed by atoms with van der Waals surface area (Å²) < 4.78 is 5.64. The van der Waals surface area contributed by atoms with E-state index in [-0.39, 0.29) is 35.6 Å². The highest BCUT2D eigenvalue weighted by molar-refractivity contribution is 14.0. The van der Waals surface area contributed by atoms with Crippen LogP contribution in [0.15, 0.2) is 41.5 Å². The van der Waals surface area contributed by atoms with Gasteiger partial charge in [0.05, 0.1) is 6.54 Å². The maximum Gasteiger partial charge on any atom is 0.191 e. The zero-order valence-electron chi connectivity index (χ0n) is 18.1. The van der Waals surface area contributed by atoms with Gasteiger partial charge in [-0.05, 0) is 31.7 Å². The second-order valence-electron chi connectivity index (χ2n) is 7.52. The van der Waals surface area contributed by atoms with Crippen LogP contribution >= 0.6 is 35.3 Å². The lowest BCUT2D eigenvalue weighted by atomic mass is 9.88. The van der Waals surface area contributed by atoms with Gasteiger partial charge in [-0.25, -0.2) is 4.98 Å². The third kappa shape index (κ3) is 7.18. The van der Waals surface area contributed by atoms with Gasteiger partial charge in [-0.15, -0.1) is 35.3 Å². The molecule has 0 radical (unpaired) electrons. The van der Waals surface area contributed by atoms with E-state index < -0.39 is 0 Å². The monoisotopic (exact) mass is 543 g/mol. The number of thiazole rings is 1. The lowest BCUT2D eigenvalue weighted by Gasteiger charge is -2.41. The Morgan fingerprint density at radius 3 is 2.60 bits per heavy atom. The van der Waals surface area contributed by atoms with E-state index in [2.05, 4.69) is 70.1 Å². The van der Waals surface area contributed by atoms with Gasteiger partial charge in [0.1, 0.15) is 5.01 Å². The Bertz CT molecular complexity index is 777. The first-order chi connectivity index (χ1) is 14.1. The molecule has 0 saturated carbocycles. The average molecular weight is 544 g/mol. The maximum atomic E-state index is 5.64. The molecule has 3 N–H and O–H groups in total. The molecule has 3 rings (SSSR count). The summed E-state index contributed by atoms with van der Waals surface area (Å²) in [7, 11) is 1.81. The van der Waals surface area contributed by atoms with E-state index in [0.717, 1.165) is 50.0 Å². The van der Waals surface area contributed by atoms with Gasteiger partial charge in [0.15, 0.2) is 5.96 Å². The minimum Gasteiger partial charge on any atom is -0.381 e. The molecule has 1 fully saturated rings. The number of nitrogens with zero attached hydrogens (tertiary/aromatic N) is 2. The van der Waals surface area contributed by atoms with Crippen molar-refractivity contribution in [1.29, 1.82) is 0 Å². The molecule has 2 heterocycles. The molecule has 1 aliphatic rings. The van der Waals surface area contributed by atoms with Crippen molar-refractivity contribution in [2.45, 2.75) is 51.2 Å². The van der Waals surface area contributed by atoms with Crippen molar-refractivity contribution in [1.82, 2.24) is 20.9 Å². The minimum absolute atomic E-state index is 0. The van der Waals surface area contributed by atoms with E-state index in [9.17, 15) is 0 Å². The molecule has 1 unspecified atom stereocenters. The zero-order valence-corrected chi connectivity index (χ0v) is 21.3. The van der Waals surface area contributed by atoms with Crippen molar-refractivity contribution in [2.75, 3.05) is 26.8 Å². The number of rotatable bonds is 8. The molecule has 1 aliphatic heterocycles. The van der Waals surface area contributed by atoms with Gasteiger partial charge < -0.3 is 20.7 Å². The van der Waals surface area contributed by atoms with Gasteiger partial charge in [0.2, 0.25) is 0 Å². The molecule has 0 aliphatic carbocycles. The number of halogens is 1. The highest BCUT2D eigenvalue weighted by atomic mass is 127. The number of hydrogen-bond acceptors (Lipinski definition) is 5. The lowest BCUT2D eigenvalue weighted by molar-refractivity contribution is 0.0355. The number of hydrogen-bond donors (Lipinski definition) is 3. The summed E-state index contributed by atoms with van der Waals surface area (Å²) in [4.78, 5) is 10.2. The first-order valence-corrected chi connectivity index (χ1v) is 11.2. The summed E-state index contributed by atoms with van der Waals surface area (Å²) in [5, 5.41) is 11.9. The SMILES string of the molecule is CCc1cnc(CNC(=NC)NCC2(NC(C)c3ccccc3)CCOCC2)s1.I. The number of nitrogens with one attached hydrogen (secondary N) is 3. The molecule has 1 saturated heterocycles. The molecule has 166 valence electrons. The van der Waals surface area contributed by atoms with Crippen LogP contribution in [0.4, 0.5) is 0 Å². The second-order valence-corrected chi connectivity index (χ2v) is 8.72. The third-order valence-corrected chi connectivity index (χ3v) is 6.59. The molecule has 2 aromatic rings. The number of guanidine groups is 1. The van der Waals surface area contributed by atoms with Gasteiger partial charge in [-0.2, -0.15) is 0 Å². The Hall–Kier alpha value is -1.23. The maximum absolute atomic E-state index is 5.64. The molecule has 6 nitrogen and oxygen atoms in total. The molecule has 8 heteroatoms. The molecule has 1 aromatic carbocycles. The number of aryl methyl sites for hydroxylation is 1. The van der Waals surface area contributed by atoms with Crippen molar-refractivity contribution >= 4 is 41.3 Å². The highest BCUT2D eigenvalue weighted by Gasteiger charge is 2.34. The van der Waals surface area contributed by atoms with E-state index in [0.29, 0.717) is 6.54 Å². The molecule has 0 spiro atoms. The van der Waals surface area contributed by atoms with Crippen molar-refractivity contribution < 1.29 is 4.74 Å². The van der Waals surface area contributed by atoms with E-state index in [4.69, 9.17) is 4.74 Å². The number of benzene rings is 1. The second kappa shape index (κ2) is 12.6. The van der Waals surface area contributed by atoms with Gasteiger partial charge >= 0.3 is 0 Å². The van der Waals surface area contributed by atoms with Crippen LogP contribution in [0.1, 0.15) is 48.2 Å². The van der Waals surface area contributed by atoms with Gasteiger partial charge in [0.25, 0.3) is 0 Å². The summed E-state index contributed by atoms with van der Waals surface area (Å²) in [6.45, 7) is 7.43. The summed E-state index contributed by atoms with van der Waals surface area (Å²) in [5.41, 5.74) is 1.28. The van der Waals surface area contributed by atoms with Crippen LogP contribution in [0.25, 0.3) is 0 Å². The molecular weight excluding hydrogens is 509 g/mol. The summed E-state index contributed by atoms with van der Waals surface area (Å²) in [6.07, 6.45) is 4.94. The van der Waals surface area contributed by atoms with Crippen LogP contribution in [0, 0.1) is 0 Å². The Kier molecular flexibility index (Phi) is 10.5. The van der Waals surface area contributed by atoms with Crippen LogP contribution in [-0.2, 0) is 17.7 Å². The predicted octanol–water partition coefficient (Wildman–Crippen LogP) is 3.89. The Balaban J connectivity index is 0.00000320. The molecule has 0 bridgehead atoms. The fourth-order valence-corrected chi connectivity index (χ4v) is 4.45. The topological polar surface area (TPSA) is 70.6 Å². The van der Waals surface area contributed by atoms with E-state index >= 15 is 0 Å². The minimum atomic E-state index is -0.0261. The first kappa shape index (κ1) is 25.0. The number of ether oxygens (including phenoxy) is 1. The number of aromatic nitrogens is 1. The van der Waals surface area contributed by atoms with Gasteiger partial charge in [-0.3, -0.25) is 4.99 Å². The summed E-state index contributed by atoms with van der Waals surface area (Å²) in [6, 6.07) is 10.9. The third-order valence-electron chi connectivity index (χ3n) is 5.45. The fourth-order valence-electron chi connectivity index (χ4n) is 3.64. The standard InChI is InChI=1S/C22H33N5OS.HI/c1-4-19-14-24-20(29-19)15-25-21(23-3)26-16-22(10-12-28-13-11-22)27-17(2)18-8-6-5-7-9-18;/h5-9,14,17,27H,4,10-13,15-16H2,1-3H3,(H2,23,25,26);1H. The highest BCUT2D eigenvalue weighted by Crippen LogP contribution is 2.25. The van der Waals surface area contributed by atoms with Crippen LogP contribution in [0.3, 0.4) is 0 Å². The summed E-state index contributed by atoms with van der Waals surface area (Å²) >= 11 is 1.75. The molecular formula is C22H34IN5OS. The van der Waals surface area contributed by atoms with Crippen LogP contribution in [0.5, 0.6) is 0 Å². The first-order valence-electron chi connectivity index (χ1n) is 10.4. The fraction of sp³-hybridized carbons (Fsp3) is 0.545. The van der Waals surface area contributed by atoms with Crippen molar-refractivity contribution in [3.8, 4) is 0 Å².